The Morgan fingerprint density at radius 1 is 1.00 bits per heavy atom. The number of likely N-dealkylation sites (tertiary alicyclic amines) is 1. The van der Waals surface area contributed by atoms with Gasteiger partial charge in [0.1, 0.15) is 0 Å². The third-order valence-corrected chi connectivity index (χ3v) is 8.57. The second-order valence-electron chi connectivity index (χ2n) is 10.7. The highest BCUT2D eigenvalue weighted by molar-refractivity contribution is 5.79. The van der Waals surface area contributed by atoms with Crippen LogP contribution in [0.25, 0.3) is 0 Å². The molecule has 4 aliphatic rings. The molecule has 2 fully saturated rings. The minimum absolute atomic E-state index is 0.118. The molecule has 9 heteroatoms. The number of aryl methyl sites for hydroxylation is 1. The van der Waals surface area contributed by atoms with E-state index in [9.17, 15) is 9.59 Å². The summed E-state index contributed by atoms with van der Waals surface area (Å²) in [4.78, 5) is 36.1. The molecular weight excluding hydrogens is 454 g/mol. The van der Waals surface area contributed by atoms with Crippen LogP contribution in [0.2, 0.25) is 0 Å². The van der Waals surface area contributed by atoms with Crippen molar-refractivity contribution >= 4 is 23.3 Å². The Bertz CT molecular complexity index is 1130. The molecule has 2 saturated heterocycles. The van der Waals surface area contributed by atoms with Gasteiger partial charge in [-0.1, -0.05) is 0 Å². The molecule has 192 valence electrons. The van der Waals surface area contributed by atoms with Gasteiger partial charge in [-0.05, 0) is 63.2 Å². The van der Waals surface area contributed by atoms with Crippen LogP contribution in [0.5, 0.6) is 0 Å². The molecule has 0 aromatic carbocycles. The van der Waals surface area contributed by atoms with E-state index >= 15 is 0 Å². The van der Waals surface area contributed by atoms with Gasteiger partial charge in [0.05, 0.1) is 12.6 Å². The number of anilines is 2. The molecule has 0 spiro atoms. The summed E-state index contributed by atoms with van der Waals surface area (Å²) in [5.41, 5.74) is 4.91. The minimum atomic E-state index is 0.118. The van der Waals surface area contributed by atoms with Crippen LogP contribution in [-0.4, -0.2) is 75.6 Å². The molecule has 0 bridgehead atoms. The number of nitrogens with one attached hydrogen (secondary N) is 1. The van der Waals surface area contributed by atoms with E-state index in [0.717, 1.165) is 90.0 Å². The van der Waals surface area contributed by atoms with Crippen molar-refractivity contribution in [3.63, 3.8) is 0 Å². The highest BCUT2D eigenvalue weighted by atomic mass is 16.2. The first kappa shape index (κ1) is 23.5. The molecule has 0 saturated carbocycles. The molecule has 6 rings (SSSR count). The highest BCUT2D eigenvalue weighted by Crippen LogP contribution is 2.39. The van der Waals surface area contributed by atoms with Gasteiger partial charge in [-0.25, -0.2) is 0 Å². The fourth-order valence-electron chi connectivity index (χ4n) is 6.52. The maximum atomic E-state index is 13.1. The van der Waals surface area contributed by atoms with Crippen LogP contribution >= 0.6 is 0 Å². The van der Waals surface area contributed by atoms with Crippen molar-refractivity contribution in [3.05, 3.63) is 35.3 Å². The van der Waals surface area contributed by atoms with Crippen molar-refractivity contribution in [1.29, 1.82) is 0 Å². The van der Waals surface area contributed by atoms with Crippen molar-refractivity contribution in [1.82, 2.24) is 29.9 Å². The second-order valence-corrected chi connectivity index (χ2v) is 10.7. The topological polar surface area (TPSA) is 86.6 Å². The summed E-state index contributed by atoms with van der Waals surface area (Å²) in [6.45, 7) is 7.43. The molecule has 2 aromatic rings. The van der Waals surface area contributed by atoms with E-state index in [4.69, 9.17) is 5.10 Å². The summed E-state index contributed by atoms with van der Waals surface area (Å²) in [5.74, 6) is 1.63. The Balaban J connectivity index is 1.27. The van der Waals surface area contributed by atoms with Crippen LogP contribution < -0.4 is 10.2 Å². The molecule has 6 heterocycles. The van der Waals surface area contributed by atoms with E-state index in [2.05, 4.69) is 30.8 Å². The summed E-state index contributed by atoms with van der Waals surface area (Å²) >= 11 is 0. The number of aromatic nitrogens is 3. The average Bonchev–Trinajstić information content (AvgIpc) is 3.31. The summed E-state index contributed by atoms with van der Waals surface area (Å²) in [6, 6.07) is 2.38. The smallest absolute Gasteiger partial charge is 0.225 e. The van der Waals surface area contributed by atoms with Crippen LogP contribution in [0.15, 0.2) is 18.5 Å². The van der Waals surface area contributed by atoms with Gasteiger partial charge in [-0.2, -0.15) is 5.10 Å². The molecular formula is C27H37N7O2. The first-order valence-electron chi connectivity index (χ1n) is 13.7. The number of carbonyl (C=O) groups is 2. The Kier molecular flexibility index (Phi) is 6.41. The largest absolute Gasteiger partial charge is 0.342 e. The summed E-state index contributed by atoms with van der Waals surface area (Å²) in [5, 5.41) is 8.63. The number of fused-ring (bicyclic) bond motifs is 2. The SMILES string of the molecule is CC(=O)N1CCc2c(c(N3CCCc4cnccc43)nn2C2CCN(C(=O)C3CCNCC3)CC2)C1. The van der Waals surface area contributed by atoms with E-state index in [-0.39, 0.29) is 17.9 Å². The van der Waals surface area contributed by atoms with Crippen LogP contribution in [-0.2, 0) is 29.0 Å². The molecule has 0 aliphatic carbocycles. The van der Waals surface area contributed by atoms with Gasteiger partial charge in [-0.15, -0.1) is 0 Å². The Hall–Kier alpha value is -2.94. The Morgan fingerprint density at radius 2 is 1.81 bits per heavy atom. The van der Waals surface area contributed by atoms with Gasteiger partial charge in [0.2, 0.25) is 11.8 Å². The lowest BCUT2D eigenvalue weighted by Crippen LogP contribution is -2.45. The van der Waals surface area contributed by atoms with E-state index in [1.54, 1.807) is 6.92 Å². The van der Waals surface area contributed by atoms with Crippen molar-refractivity contribution in [2.75, 3.05) is 44.2 Å². The van der Waals surface area contributed by atoms with Gasteiger partial charge >= 0.3 is 0 Å². The maximum Gasteiger partial charge on any atom is 0.225 e. The average molecular weight is 492 g/mol. The van der Waals surface area contributed by atoms with Gasteiger partial charge < -0.3 is 20.0 Å². The molecule has 36 heavy (non-hydrogen) atoms. The highest BCUT2D eigenvalue weighted by Gasteiger charge is 2.35. The zero-order chi connectivity index (χ0) is 24.6. The number of hydrogen-bond donors (Lipinski definition) is 1. The Morgan fingerprint density at radius 3 is 2.58 bits per heavy atom. The normalized spacial score (nSPS) is 21.3. The molecule has 2 aromatic heterocycles. The van der Waals surface area contributed by atoms with Crippen LogP contribution in [0.3, 0.4) is 0 Å². The third kappa shape index (κ3) is 4.27. The quantitative estimate of drug-likeness (QED) is 0.710. The summed E-state index contributed by atoms with van der Waals surface area (Å²) in [6.07, 6.45) is 10.5. The molecule has 0 radical (unpaired) electrons. The number of rotatable bonds is 3. The maximum absolute atomic E-state index is 13.1. The molecule has 0 atom stereocenters. The van der Waals surface area contributed by atoms with E-state index in [0.29, 0.717) is 12.5 Å². The standard InChI is InChI=1S/C27H37N7O2/c1-19(35)32-16-9-25-23(18-32)26(33-13-2-3-21-17-29-12-6-24(21)33)30-34(25)22-7-14-31(15-8-22)27(36)20-4-10-28-11-5-20/h6,12,17,20,22,28H,2-5,7-11,13-16,18H2,1H3. The third-order valence-electron chi connectivity index (χ3n) is 8.57. The number of hydrogen-bond acceptors (Lipinski definition) is 6. The molecule has 9 nitrogen and oxygen atoms in total. The van der Waals surface area contributed by atoms with Crippen molar-refractivity contribution < 1.29 is 9.59 Å². The van der Waals surface area contributed by atoms with Crippen molar-refractivity contribution in [2.45, 2.75) is 64.5 Å². The molecule has 4 aliphatic heterocycles. The molecule has 1 N–H and O–H groups in total. The lowest BCUT2D eigenvalue weighted by atomic mass is 9.94. The van der Waals surface area contributed by atoms with Gasteiger partial charge in [0.25, 0.3) is 0 Å². The van der Waals surface area contributed by atoms with Crippen LogP contribution in [0.1, 0.15) is 61.9 Å². The monoisotopic (exact) mass is 491 g/mol. The number of piperidine rings is 2. The zero-order valence-electron chi connectivity index (χ0n) is 21.3. The fraction of sp³-hybridized carbons (Fsp3) is 0.630. The predicted molar refractivity (Wildman–Crippen MR) is 137 cm³/mol. The molecule has 2 amide bonds. The number of amides is 2. The van der Waals surface area contributed by atoms with E-state index < -0.39 is 0 Å². The second kappa shape index (κ2) is 9.84. The lowest BCUT2D eigenvalue weighted by molar-refractivity contribution is -0.137. The lowest BCUT2D eigenvalue weighted by Gasteiger charge is -2.36. The van der Waals surface area contributed by atoms with Crippen molar-refractivity contribution in [3.8, 4) is 0 Å². The number of carbonyl (C=O) groups excluding carboxylic acids is 2. The van der Waals surface area contributed by atoms with Gasteiger partial charge in [-0.3, -0.25) is 19.3 Å². The number of pyridine rings is 1. The van der Waals surface area contributed by atoms with Crippen LogP contribution in [0.4, 0.5) is 11.5 Å². The van der Waals surface area contributed by atoms with E-state index in [1.165, 1.54) is 22.5 Å². The van der Waals surface area contributed by atoms with Crippen LogP contribution in [0, 0.1) is 5.92 Å². The van der Waals surface area contributed by atoms with Gasteiger partial charge in [0.15, 0.2) is 5.82 Å². The predicted octanol–water partition coefficient (Wildman–Crippen LogP) is 2.43. The van der Waals surface area contributed by atoms with E-state index in [1.807, 2.05) is 17.3 Å². The number of nitrogens with zero attached hydrogens (tertiary/aromatic N) is 6. The zero-order valence-corrected chi connectivity index (χ0v) is 21.3. The molecule has 0 unspecified atom stereocenters. The van der Waals surface area contributed by atoms with Crippen molar-refractivity contribution in [2.24, 2.45) is 5.92 Å². The summed E-state index contributed by atoms with van der Waals surface area (Å²) < 4.78 is 2.27. The first-order valence-corrected chi connectivity index (χ1v) is 13.7. The van der Waals surface area contributed by atoms with Gasteiger partial charge in [0, 0.05) is 74.8 Å². The minimum Gasteiger partial charge on any atom is -0.342 e. The Labute approximate surface area is 212 Å². The fourth-order valence-corrected chi connectivity index (χ4v) is 6.52. The first-order chi connectivity index (χ1) is 17.6. The summed E-state index contributed by atoms with van der Waals surface area (Å²) in [7, 11) is 0.